The van der Waals surface area contributed by atoms with Gasteiger partial charge < -0.3 is 15.8 Å². The van der Waals surface area contributed by atoms with Crippen molar-refractivity contribution in [1.29, 1.82) is 0 Å². The predicted octanol–water partition coefficient (Wildman–Crippen LogP) is 1.52. The zero-order valence-corrected chi connectivity index (χ0v) is 12.3. The predicted molar refractivity (Wildman–Crippen MR) is 78.4 cm³/mol. The first-order valence-corrected chi connectivity index (χ1v) is 7.23. The zero-order chi connectivity index (χ0) is 14.5. The molecule has 0 amide bonds. The van der Waals surface area contributed by atoms with Crippen LogP contribution in [-0.2, 0) is 0 Å². The molecule has 2 aliphatic rings. The number of aliphatic hydroxyl groups is 1. The van der Waals surface area contributed by atoms with Gasteiger partial charge in [-0.25, -0.2) is 15.8 Å². The summed E-state index contributed by atoms with van der Waals surface area (Å²) in [5.41, 5.74) is 3.45. The SMILES string of the molecule is Cc1c(NN)nc(C2CC2)nc1NC1CC(O)C1(C)C. The van der Waals surface area contributed by atoms with Crippen molar-refractivity contribution >= 4 is 11.6 Å². The summed E-state index contributed by atoms with van der Waals surface area (Å²) in [4.78, 5) is 9.14. The molecule has 2 atom stereocenters. The van der Waals surface area contributed by atoms with Crippen LogP contribution in [0.25, 0.3) is 0 Å². The van der Waals surface area contributed by atoms with Gasteiger partial charge in [0.1, 0.15) is 17.5 Å². The lowest BCUT2D eigenvalue weighted by molar-refractivity contribution is -0.0511. The van der Waals surface area contributed by atoms with Gasteiger partial charge in [0.15, 0.2) is 0 Å². The third-order valence-electron chi connectivity index (χ3n) is 4.77. The number of nitrogens with zero attached hydrogens (tertiary/aromatic N) is 2. The highest BCUT2D eigenvalue weighted by Crippen LogP contribution is 2.43. The second-order valence-corrected chi connectivity index (χ2v) is 6.59. The third kappa shape index (κ3) is 2.13. The summed E-state index contributed by atoms with van der Waals surface area (Å²) >= 11 is 0. The number of anilines is 2. The van der Waals surface area contributed by atoms with E-state index in [9.17, 15) is 5.11 Å². The molecule has 0 spiro atoms. The van der Waals surface area contributed by atoms with Crippen LogP contribution in [0, 0.1) is 12.3 Å². The molecule has 6 heteroatoms. The van der Waals surface area contributed by atoms with Gasteiger partial charge >= 0.3 is 0 Å². The summed E-state index contributed by atoms with van der Waals surface area (Å²) in [5.74, 6) is 8.41. The average molecular weight is 277 g/mol. The molecule has 2 saturated carbocycles. The Morgan fingerprint density at radius 2 is 1.90 bits per heavy atom. The lowest BCUT2D eigenvalue weighted by atomic mass is 9.64. The Labute approximate surface area is 119 Å². The summed E-state index contributed by atoms with van der Waals surface area (Å²) in [6.07, 6.45) is 2.80. The fraction of sp³-hybridized carbons (Fsp3) is 0.714. The molecule has 0 aromatic carbocycles. The number of hydrogen-bond donors (Lipinski definition) is 4. The molecular weight excluding hydrogens is 254 g/mol. The Kier molecular flexibility index (Phi) is 3.10. The number of aromatic nitrogens is 2. The van der Waals surface area contributed by atoms with E-state index in [4.69, 9.17) is 5.84 Å². The molecule has 2 aliphatic carbocycles. The Balaban J connectivity index is 1.87. The average Bonchev–Trinajstić information content (AvgIpc) is 3.24. The third-order valence-corrected chi connectivity index (χ3v) is 4.77. The van der Waals surface area contributed by atoms with Gasteiger partial charge in [0, 0.05) is 22.9 Å². The molecule has 5 N–H and O–H groups in total. The summed E-state index contributed by atoms with van der Waals surface area (Å²) in [5, 5.41) is 13.3. The van der Waals surface area contributed by atoms with Gasteiger partial charge in [-0.2, -0.15) is 0 Å². The van der Waals surface area contributed by atoms with Crippen molar-refractivity contribution in [3.05, 3.63) is 11.4 Å². The molecule has 0 aliphatic heterocycles. The molecule has 0 saturated heterocycles. The Morgan fingerprint density at radius 3 is 2.40 bits per heavy atom. The van der Waals surface area contributed by atoms with Gasteiger partial charge in [-0.05, 0) is 26.2 Å². The molecule has 3 rings (SSSR count). The standard InChI is InChI=1S/C14H23N5O/c1-7-11(16-9-6-10(20)14(9,2)3)17-13(8-4-5-8)18-12(7)19-15/h8-10,20H,4-6,15H2,1-3H3,(H2,16,17,18,19). The van der Waals surface area contributed by atoms with Gasteiger partial charge in [-0.15, -0.1) is 0 Å². The second-order valence-electron chi connectivity index (χ2n) is 6.59. The van der Waals surface area contributed by atoms with Crippen LogP contribution in [-0.4, -0.2) is 27.2 Å². The highest BCUT2D eigenvalue weighted by molar-refractivity contribution is 5.58. The van der Waals surface area contributed by atoms with Gasteiger partial charge in [0.05, 0.1) is 6.10 Å². The van der Waals surface area contributed by atoms with E-state index in [0.717, 1.165) is 36.5 Å². The van der Waals surface area contributed by atoms with E-state index >= 15 is 0 Å². The number of aliphatic hydroxyl groups excluding tert-OH is 1. The second kappa shape index (κ2) is 4.56. The first kappa shape index (κ1) is 13.6. The molecule has 20 heavy (non-hydrogen) atoms. The van der Waals surface area contributed by atoms with Crippen LogP contribution in [0.5, 0.6) is 0 Å². The normalized spacial score (nSPS) is 27.9. The molecule has 1 heterocycles. The highest BCUT2D eigenvalue weighted by atomic mass is 16.3. The summed E-state index contributed by atoms with van der Waals surface area (Å²) in [6, 6.07) is 0.226. The van der Waals surface area contributed by atoms with E-state index in [2.05, 4.69) is 34.6 Å². The Hall–Kier alpha value is -1.40. The summed E-state index contributed by atoms with van der Waals surface area (Å²) in [6.45, 7) is 6.09. The van der Waals surface area contributed by atoms with Crippen LogP contribution in [0.4, 0.5) is 11.6 Å². The van der Waals surface area contributed by atoms with Crippen LogP contribution in [0.2, 0.25) is 0 Å². The van der Waals surface area contributed by atoms with E-state index in [1.54, 1.807) is 0 Å². The quantitative estimate of drug-likeness (QED) is 0.492. The number of nitrogens with two attached hydrogens (primary N) is 1. The molecule has 6 nitrogen and oxygen atoms in total. The number of nitrogen functional groups attached to an aromatic ring is 1. The van der Waals surface area contributed by atoms with Crippen molar-refractivity contribution in [1.82, 2.24) is 9.97 Å². The number of nitrogens with one attached hydrogen (secondary N) is 2. The lowest BCUT2D eigenvalue weighted by Gasteiger charge is -2.49. The largest absolute Gasteiger partial charge is 0.392 e. The molecule has 0 bridgehead atoms. The Morgan fingerprint density at radius 1 is 1.25 bits per heavy atom. The zero-order valence-electron chi connectivity index (χ0n) is 12.3. The van der Waals surface area contributed by atoms with E-state index in [0.29, 0.717) is 11.7 Å². The van der Waals surface area contributed by atoms with Crippen LogP contribution >= 0.6 is 0 Å². The van der Waals surface area contributed by atoms with Crippen LogP contribution < -0.4 is 16.6 Å². The van der Waals surface area contributed by atoms with Gasteiger partial charge in [0.25, 0.3) is 0 Å². The fourth-order valence-electron chi connectivity index (χ4n) is 2.65. The Bertz CT molecular complexity index is 527. The maximum absolute atomic E-state index is 9.84. The summed E-state index contributed by atoms with van der Waals surface area (Å²) < 4.78 is 0. The van der Waals surface area contributed by atoms with Gasteiger partial charge in [-0.1, -0.05) is 13.8 Å². The van der Waals surface area contributed by atoms with Crippen molar-refractivity contribution in [2.75, 3.05) is 10.7 Å². The van der Waals surface area contributed by atoms with E-state index in [1.807, 2.05) is 6.92 Å². The topological polar surface area (TPSA) is 96.1 Å². The maximum atomic E-state index is 9.84. The van der Waals surface area contributed by atoms with Gasteiger partial charge in [-0.3, -0.25) is 0 Å². The number of hydrogen-bond acceptors (Lipinski definition) is 6. The smallest absolute Gasteiger partial charge is 0.148 e. The molecule has 110 valence electrons. The van der Waals surface area contributed by atoms with Crippen molar-refractivity contribution in [3.8, 4) is 0 Å². The van der Waals surface area contributed by atoms with Gasteiger partial charge in [0.2, 0.25) is 0 Å². The molecule has 1 aromatic rings. The molecule has 0 radical (unpaired) electrons. The van der Waals surface area contributed by atoms with Crippen molar-refractivity contribution in [3.63, 3.8) is 0 Å². The van der Waals surface area contributed by atoms with Crippen LogP contribution in [0.1, 0.15) is 50.4 Å². The number of hydrazine groups is 1. The van der Waals surface area contributed by atoms with E-state index in [1.165, 1.54) is 0 Å². The van der Waals surface area contributed by atoms with E-state index in [-0.39, 0.29) is 17.6 Å². The molecule has 2 fully saturated rings. The molecule has 1 aromatic heterocycles. The first-order chi connectivity index (χ1) is 9.43. The fourth-order valence-corrected chi connectivity index (χ4v) is 2.65. The highest BCUT2D eigenvalue weighted by Gasteiger charge is 2.47. The van der Waals surface area contributed by atoms with Crippen molar-refractivity contribution < 1.29 is 5.11 Å². The maximum Gasteiger partial charge on any atom is 0.148 e. The first-order valence-electron chi connectivity index (χ1n) is 7.23. The van der Waals surface area contributed by atoms with Crippen molar-refractivity contribution in [2.24, 2.45) is 11.3 Å². The molecule has 2 unspecified atom stereocenters. The minimum absolute atomic E-state index is 0.132. The minimum Gasteiger partial charge on any atom is -0.392 e. The number of rotatable bonds is 4. The van der Waals surface area contributed by atoms with Crippen molar-refractivity contribution in [2.45, 2.75) is 58.1 Å². The van der Waals surface area contributed by atoms with Crippen LogP contribution in [0.3, 0.4) is 0 Å². The molecular formula is C14H23N5O. The monoisotopic (exact) mass is 277 g/mol. The van der Waals surface area contributed by atoms with Crippen LogP contribution in [0.15, 0.2) is 0 Å². The van der Waals surface area contributed by atoms with E-state index < -0.39 is 0 Å². The summed E-state index contributed by atoms with van der Waals surface area (Å²) in [7, 11) is 0. The minimum atomic E-state index is -0.253. The lowest BCUT2D eigenvalue weighted by Crippen LogP contribution is -2.57.